The highest BCUT2D eigenvalue weighted by molar-refractivity contribution is 6.34. The number of halogens is 1. The minimum Gasteiger partial charge on any atom is -0.486 e. The van der Waals surface area contributed by atoms with Crippen molar-refractivity contribution in [3.05, 3.63) is 89.1 Å². The fraction of sp³-hybridized carbons (Fsp3) is 0.125. The molecule has 5 rings (SSSR count). The summed E-state index contributed by atoms with van der Waals surface area (Å²) in [5.74, 6) is 0.938. The monoisotopic (exact) mass is 418 g/mol. The van der Waals surface area contributed by atoms with Crippen LogP contribution in [0.15, 0.2) is 72.9 Å². The van der Waals surface area contributed by atoms with Gasteiger partial charge >= 0.3 is 0 Å². The predicted molar refractivity (Wildman–Crippen MR) is 118 cm³/mol. The molecule has 0 saturated carbocycles. The van der Waals surface area contributed by atoms with Gasteiger partial charge in [0.25, 0.3) is 5.91 Å². The number of ether oxygens (including phenoxy) is 2. The lowest BCUT2D eigenvalue weighted by atomic mass is 10.1. The lowest BCUT2D eigenvalue weighted by molar-refractivity contribution is 0.102. The largest absolute Gasteiger partial charge is 0.486 e. The highest BCUT2D eigenvalue weighted by Gasteiger charge is 2.19. The van der Waals surface area contributed by atoms with Crippen LogP contribution in [0.25, 0.3) is 10.9 Å². The highest BCUT2D eigenvalue weighted by atomic mass is 35.5. The molecule has 5 nitrogen and oxygen atoms in total. The number of nitrogens with zero attached hydrogens (tertiary/aromatic N) is 1. The molecule has 1 aromatic heterocycles. The van der Waals surface area contributed by atoms with Crippen LogP contribution in [0.5, 0.6) is 11.5 Å². The maximum absolute atomic E-state index is 13.2. The van der Waals surface area contributed by atoms with Gasteiger partial charge in [-0.2, -0.15) is 0 Å². The summed E-state index contributed by atoms with van der Waals surface area (Å²) in [5.41, 5.74) is 3.25. The van der Waals surface area contributed by atoms with Gasteiger partial charge in [0.2, 0.25) is 0 Å². The number of anilines is 1. The lowest BCUT2D eigenvalue weighted by Gasteiger charge is -2.20. The fourth-order valence-corrected chi connectivity index (χ4v) is 3.89. The SMILES string of the molecule is O=C(Nc1cc2c(cc1Cl)OCCO2)c1cn(Cc2ccccc2)c2ccccc12. The van der Waals surface area contributed by atoms with Crippen molar-refractivity contribution in [2.45, 2.75) is 6.54 Å². The van der Waals surface area contributed by atoms with E-state index in [-0.39, 0.29) is 5.91 Å². The first kappa shape index (κ1) is 18.6. The molecule has 3 aromatic carbocycles. The molecule has 0 bridgehead atoms. The number of benzene rings is 3. The third-order valence-corrected chi connectivity index (χ3v) is 5.42. The Kier molecular flexibility index (Phi) is 4.81. The molecule has 4 aromatic rings. The number of para-hydroxylation sites is 1. The quantitative estimate of drug-likeness (QED) is 0.485. The second kappa shape index (κ2) is 7.76. The maximum Gasteiger partial charge on any atom is 0.257 e. The summed E-state index contributed by atoms with van der Waals surface area (Å²) in [7, 11) is 0. The third kappa shape index (κ3) is 3.48. The molecule has 1 aliphatic rings. The fourth-order valence-electron chi connectivity index (χ4n) is 3.69. The number of hydrogen-bond acceptors (Lipinski definition) is 3. The predicted octanol–water partition coefficient (Wildman–Crippen LogP) is 5.37. The number of carbonyl (C=O) groups is 1. The summed E-state index contributed by atoms with van der Waals surface area (Å²) in [6.45, 7) is 1.63. The molecular formula is C24H19ClN2O3. The average Bonchev–Trinajstić information content (AvgIpc) is 3.14. The number of nitrogens with one attached hydrogen (secondary N) is 1. The van der Waals surface area contributed by atoms with Gasteiger partial charge in [-0.3, -0.25) is 4.79 Å². The Hall–Kier alpha value is -3.44. The molecule has 1 N–H and O–H groups in total. The topological polar surface area (TPSA) is 52.5 Å². The molecule has 2 heterocycles. The molecule has 0 saturated heterocycles. The molecule has 0 radical (unpaired) electrons. The van der Waals surface area contributed by atoms with E-state index < -0.39 is 0 Å². The van der Waals surface area contributed by atoms with E-state index in [1.807, 2.05) is 48.7 Å². The Morgan fingerprint density at radius 1 is 0.967 bits per heavy atom. The summed E-state index contributed by atoms with van der Waals surface area (Å²) < 4.78 is 13.2. The van der Waals surface area contributed by atoms with Crippen molar-refractivity contribution in [1.29, 1.82) is 0 Å². The molecule has 1 amide bonds. The van der Waals surface area contributed by atoms with Gasteiger partial charge in [0.1, 0.15) is 13.2 Å². The average molecular weight is 419 g/mol. The molecule has 0 atom stereocenters. The Morgan fingerprint density at radius 2 is 1.67 bits per heavy atom. The van der Waals surface area contributed by atoms with E-state index in [2.05, 4.69) is 22.0 Å². The van der Waals surface area contributed by atoms with E-state index in [0.717, 1.165) is 10.9 Å². The first-order valence-corrected chi connectivity index (χ1v) is 10.1. The molecule has 0 aliphatic carbocycles. The smallest absolute Gasteiger partial charge is 0.257 e. The van der Waals surface area contributed by atoms with E-state index in [1.165, 1.54) is 5.56 Å². The van der Waals surface area contributed by atoms with Crippen LogP contribution >= 0.6 is 11.6 Å². The van der Waals surface area contributed by atoms with Crippen molar-refractivity contribution in [3.8, 4) is 11.5 Å². The van der Waals surface area contributed by atoms with Crippen LogP contribution < -0.4 is 14.8 Å². The molecule has 0 spiro atoms. The van der Waals surface area contributed by atoms with Gasteiger partial charge in [0.15, 0.2) is 11.5 Å². The molecule has 1 aliphatic heterocycles. The van der Waals surface area contributed by atoms with Crippen molar-refractivity contribution < 1.29 is 14.3 Å². The number of amides is 1. The first-order valence-electron chi connectivity index (χ1n) is 9.71. The Bertz CT molecular complexity index is 1230. The van der Waals surface area contributed by atoms with Crippen LogP contribution in [0.2, 0.25) is 5.02 Å². The zero-order valence-corrected chi connectivity index (χ0v) is 16.9. The van der Waals surface area contributed by atoms with Gasteiger partial charge in [0, 0.05) is 35.8 Å². The number of rotatable bonds is 4. The van der Waals surface area contributed by atoms with E-state index in [1.54, 1.807) is 12.1 Å². The zero-order chi connectivity index (χ0) is 20.5. The van der Waals surface area contributed by atoms with Crippen molar-refractivity contribution in [2.75, 3.05) is 18.5 Å². The summed E-state index contributed by atoms with van der Waals surface area (Å²) >= 11 is 6.37. The standard InChI is InChI=1S/C24H19ClN2O3/c25-19-12-22-23(30-11-10-29-22)13-20(19)26-24(28)18-15-27(14-16-6-2-1-3-7-16)21-9-5-4-8-17(18)21/h1-9,12-13,15H,10-11,14H2,(H,26,28). The van der Waals surface area contributed by atoms with Crippen molar-refractivity contribution >= 4 is 34.1 Å². The Morgan fingerprint density at radius 3 is 2.47 bits per heavy atom. The van der Waals surface area contributed by atoms with Crippen molar-refractivity contribution in [3.63, 3.8) is 0 Å². The Labute approximate surface area is 178 Å². The number of hydrogen-bond donors (Lipinski definition) is 1. The number of fused-ring (bicyclic) bond motifs is 2. The minimum atomic E-state index is -0.225. The van der Waals surface area contributed by atoms with Crippen molar-refractivity contribution in [1.82, 2.24) is 4.57 Å². The summed E-state index contributed by atoms with van der Waals surface area (Å²) in [5, 5.41) is 4.22. The van der Waals surface area contributed by atoms with E-state index in [0.29, 0.717) is 47.5 Å². The van der Waals surface area contributed by atoms with Crippen molar-refractivity contribution in [2.24, 2.45) is 0 Å². The summed E-state index contributed by atoms with van der Waals surface area (Å²) in [4.78, 5) is 13.2. The third-order valence-electron chi connectivity index (χ3n) is 5.11. The van der Waals surface area contributed by atoms with Gasteiger partial charge in [-0.25, -0.2) is 0 Å². The van der Waals surface area contributed by atoms with Gasteiger partial charge in [-0.15, -0.1) is 0 Å². The molecule has 6 heteroatoms. The van der Waals surface area contributed by atoms with Gasteiger partial charge < -0.3 is 19.4 Å². The van der Waals surface area contributed by atoms with Gasteiger partial charge in [-0.05, 0) is 11.6 Å². The van der Waals surface area contributed by atoms with Crippen LogP contribution in [-0.4, -0.2) is 23.7 Å². The first-order chi connectivity index (χ1) is 14.7. The zero-order valence-electron chi connectivity index (χ0n) is 16.1. The van der Waals surface area contributed by atoms with Crippen LogP contribution in [0.4, 0.5) is 5.69 Å². The molecule has 150 valence electrons. The summed E-state index contributed by atoms with van der Waals surface area (Å²) in [6, 6.07) is 21.4. The normalized spacial score (nSPS) is 12.7. The summed E-state index contributed by atoms with van der Waals surface area (Å²) in [6.07, 6.45) is 1.89. The maximum atomic E-state index is 13.2. The van der Waals surface area contributed by atoms with Gasteiger partial charge in [-0.1, -0.05) is 60.1 Å². The van der Waals surface area contributed by atoms with E-state index in [9.17, 15) is 4.79 Å². The molecular weight excluding hydrogens is 400 g/mol. The van der Waals surface area contributed by atoms with Gasteiger partial charge in [0.05, 0.1) is 16.3 Å². The highest BCUT2D eigenvalue weighted by Crippen LogP contribution is 2.38. The second-order valence-electron chi connectivity index (χ2n) is 7.10. The lowest BCUT2D eigenvalue weighted by Crippen LogP contribution is -2.16. The minimum absolute atomic E-state index is 0.225. The van der Waals surface area contributed by atoms with E-state index >= 15 is 0 Å². The van der Waals surface area contributed by atoms with E-state index in [4.69, 9.17) is 21.1 Å². The molecule has 30 heavy (non-hydrogen) atoms. The Balaban J connectivity index is 1.48. The number of aromatic nitrogens is 1. The van der Waals surface area contributed by atoms with Crippen LogP contribution in [0.3, 0.4) is 0 Å². The van der Waals surface area contributed by atoms with Crippen LogP contribution in [0.1, 0.15) is 15.9 Å². The van der Waals surface area contributed by atoms with Crippen LogP contribution in [-0.2, 0) is 6.54 Å². The molecule has 0 unspecified atom stereocenters. The van der Waals surface area contributed by atoms with Crippen LogP contribution in [0, 0.1) is 0 Å². The number of carbonyl (C=O) groups excluding carboxylic acids is 1. The second-order valence-corrected chi connectivity index (χ2v) is 7.51. The molecule has 0 fully saturated rings.